The second kappa shape index (κ2) is 12.3. The summed E-state index contributed by atoms with van der Waals surface area (Å²) in [6, 6.07) is 17.5. The number of hydrogen-bond acceptors (Lipinski definition) is 6. The van der Waals surface area contributed by atoms with Gasteiger partial charge in [0.05, 0.1) is 23.5 Å². The highest BCUT2D eigenvalue weighted by atomic mass is 127. The molecular formula is C27H23BrIN3O6. The van der Waals surface area contributed by atoms with Crippen LogP contribution < -0.4 is 24.8 Å². The van der Waals surface area contributed by atoms with Gasteiger partial charge < -0.3 is 24.8 Å². The lowest BCUT2D eigenvalue weighted by molar-refractivity contribution is -0.127. The highest BCUT2D eigenvalue weighted by Crippen LogP contribution is 2.35. The van der Waals surface area contributed by atoms with E-state index < -0.39 is 24.4 Å². The average Bonchev–Trinajstić information content (AvgIpc) is 3.16. The van der Waals surface area contributed by atoms with Gasteiger partial charge in [0, 0.05) is 4.47 Å². The molecule has 1 aliphatic heterocycles. The van der Waals surface area contributed by atoms with Crippen LogP contribution in [0, 0.1) is 3.57 Å². The van der Waals surface area contributed by atoms with Crippen molar-refractivity contribution in [1.29, 1.82) is 0 Å². The van der Waals surface area contributed by atoms with Crippen molar-refractivity contribution in [3.05, 3.63) is 85.5 Å². The van der Waals surface area contributed by atoms with Crippen molar-refractivity contribution < 1.29 is 28.6 Å². The van der Waals surface area contributed by atoms with E-state index >= 15 is 0 Å². The number of benzene rings is 3. The maximum absolute atomic E-state index is 12.9. The number of rotatable bonds is 9. The summed E-state index contributed by atoms with van der Waals surface area (Å²) in [6.07, 6.45) is 1.53. The smallest absolute Gasteiger partial charge is 0.329 e. The molecule has 0 spiro atoms. The Morgan fingerprint density at radius 1 is 1.05 bits per heavy atom. The van der Waals surface area contributed by atoms with Gasteiger partial charge in [0.15, 0.2) is 11.5 Å². The number of para-hydroxylation sites is 2. The number of urea groups is 1. The Hall–Kier alpha value is -3.58. The minimum atomic E-state index is -0.687. The van der Waals surface area contributed by atoms with E-state index in [2.05, 4.69) is 49.2 Å². The number of methoxy groups -OCH3 is 2. The summed E-state index contributed by atoms with van der Waals surface area (Å²) in [5.41, 5.74) is 2.09. The van der Waals surface area contributed by atoms with Crippen molar-refractivity contribution in [3.8, 4) is 17.2 Å². The number of halogens is 2. The Bertz CT molecular complexity index is 1410. The van der Waals surface area contributed by atoms with Crippen molar-refractivity contribution >= 4 is 68.1 Å². The lowest BCUT2D eigenvalue weighted by Crippen LogP contribution is -2.38. The Balaban J connectivity index is 1.47. The molecule has 0 radical (unpaired) electrons. The monoisotopic (exact) mass is 691 g/mol. The van der Waals surface area contributed by atoms with Gasteiger partial charge >= 0.3 is 6.03 Å². The number of carbonyl (C=O) groups excluding carboxylic acids is 3. The quantitative estimate of drug-likeness (QED) is 0.182. The molecule has 3 aromatic carbocycles. The molecule has 4 amide bonds. The number of hydrogen-bond donors (Lipinski definition) is 2. The van der Waals surface area contributed by atoms with Crippen LogP contribution in [0.3, 0.4) is 0 Å². The molecule has 0 unspecified atom stereocenters. The second-order valence-electron chi connectivity index (χ2n) is 8.08. The largest absolute Gasteiger partial charge is 0.495 e. The van der Waals surface area contributed by atoms with E-state index in [0.29, 0.717) is 35.1 Å². The van der Waals surface area contributed by atoms with Crippen LogP contribution in [-0.4, -0.2) is 43.5 Å². The number of amides is 4. The zero-order valence-electron chi connectivity index (χ0n) is 20.4. The zero-order valence-corrected chi connectivity index (χ0v) is 24.2. The first-order chi connectivity index (χ1) is 18.3. The SMILES string of the molecule is COc1ccccc1NC(=O)CN1C(=O)N/C(=C/c2cc(I)c(OCc3ccc(Br)cc3)c(OC)c2)C1=O. The molecule has 9 nitrogen and oxygen atoms in total. The maximum Gasteiger partial charge on any atom is 0.329 e. The van der Waals surface area contributed by atoms with E-state index in [4.69, 9.17) is 14.2 Å². The number of nitrogens with zero attached hydrogens (tertiary/aromatic N) is 1. The van der Waals surface area contributed by atoms with E-state index in [-0.39, 0.29) is 5.70 Å². The maximum atomic E-state index is 12.9. The van der Waals surface area contributed by atoms with Crippen molar-refractivity contribution in [3.63, 3.8) is 0 Å². The minimum absolute atomic E-state index is 0.0430. The van der Waals surface area contributed by atoms with Crippen LogP contribution in [0.1, 0.15) is 11.1 Å². The standard InChI is InChI=1S/C27H23BrIN3O6/c1-36-22-6-4-3-5-20(22)30-24(33)14-32-26(34)21(31-27(32)35)12-17-11-19(29)25(23(13-17)37-2)38-15-16-7-9-18(28)10-8-16/h3-13H,14-15H2,1-2H3,(H,30,33)(H,31,35)/b21-12+. The van der Waals surface area contributed by atoms with Gasteiger partial charge in [-0.25, -0.2) is 9.69 Å². The van der Waals surface area contributed by atoms with Crippen LogP contribution in [-0.2, 0) is 16.2 Å². The molecule has 1 saturated heterocycles. The summed E-state index contributed by atoms with van der Waals surface area (Å²) in [7, 11) is 3.01. The Labute approximate surface area is 241 Å². The highest BCUT2D eigenvalue weighted by Gasteiger charge is 2.35. The van der Waals surface area contributed by atoms with Crippen molar-refractivity contribution in [2.24, 2.45) is 0 Å². The molecule has 1 heterocycles. The molecule has 1 fully saturated rings. The molecule has 3 aromatic rings. The average molecular weight is 692 g/mol. The fraction of sp³-hybridized carbons (Fsp3) is 0.148. The van der Waals surface area contributed by atoms with Crippen LogP contribution in [0.2, 0.25) is 0 Å². The molecule has 2 N–H and O–H groups in total. The summed E-state index contributed by atoms with van der Waals surface area (Å²) in [5.74, 6) is 0.351. The number of anilines is 1. The predicted octanol–water partition coefficient (Wildman–Crippen LogP) is 5.18. The third-order valence-corrected chi connectivity index (χ3v) is 6.83. The summed E-state index contributed by atoms with van der Waals surface area (Å²) in [4.78, 5) is 38.8. The van der Waals surface area contributed by atoms with E-state index in [1.807, 2.05) is 30.3 Å². The van der Waals surface area contributed by atoms with Gasteiger partial charge in [-0.3, -0.25) is 9.59 Å². The summed E-state index contributed by atoms with van der Waals surface area (Å²) < 4.78 is 18.5. The first-order valence-corrected chi connectivity index (χ1v) is 13.2. The Kier molecular flexibility index (Phi) is 8.89. The first kappa shape index (κ1) is 27.5. The Morgan fingerprint density at radius 2 is 1.76 bits per heavy atom. The summed E-state index contributed by atoms with van der Waals surface area (Å²) >= 11 is 5.54. The highest BCUT2D eigenvalue weighted by molar-refractivity contribution is 14.1. The van der Waals surface area contributed by atoms with Crippen molar-refractivity contribution in [1.82, 2.24) is 10.2 Å². The number of nitrogens with one attached hydrogen (secondary N) is 2. The molecule has 196 valence electrons. The molecule has 0 aliphatic carbocycles. The van der Waals surface area contributed by atoms with E-state index in [1.54, 1.807) is 30.3 Å². The predicted molar refractivity (Wildman–Crippen MR) is 154 cm³/mol. The topological polar surface area (TPSA) is 106 Å². The Morgan fingerprint density at radius 3 is 2.47 bits per heavy atom. The van der Waals surface area contributed by atoms with Crippen LogP contribution in [0.5, 0.6) is 17.2 Å². The fourth-order valence-electron chi connectivity index (χ4n) is 3.66. The zero-order chi connectivity index (χ0) is 27.2. The van der Waals surface area contributed by atoms with Crippen LogP contribution in [0.4, 0.5) is 10.5 Å². The van der Waals surface area contributed by atoms with E-state index in [9.17, 15) is 14.4 Å². The van der Waals surface area contributed by atoms with E-state index in [1.165, 1.54) is 20.3 Å². The van der Waals surface area contributed by atoms with Gasteiger partial charge in [0.2, 0.25) is 5.91 Å². The molecule has 11 heteroatoms. The van der Waals surface area contributed by atoms with Crippen LogP contribution in [0.15, 0.2) is 70.8 Å². The normalized spacial score (nSPS) is 13.9. The molecule has 0 saturated carbocycles. The van der Waals surface area contributed by atoms with Crippen LogP contribution in [0.25, 0.3) is 6.08 Å². The van der Waals surface area contributed by atoms with Crippen molar-refractivity contribution in [2.75, 3.05) is 26.1 Å². The lowest BCUT2D eigenvalue weighted by atomic mass is 10.1. The number of ether oxygens (including phenoxy) is 3. The lowest BCUT2D eigenvalue weighted by Gasteiger charge is -2.14. The molecule has 0 aromatic heterocycles. The molecule has 38 heavy (non-hydrogen) atoms. The van der Waals surface area contributed by atoms with Gasteiger partial charge in [-0.2, -0.15) is 0 Å². The van der Waals surface area contributed by atoms with Gasteiger partial charge in [-0.15, -0.1) is 0 Å². The van der Waals surface area contributed by atoms with Gasteiger partial charge in [-0.05, 0) is 76.2 Å². The number of imide groups is 1. The van der Waals surface area contributed by atoms with E-state index in [0.717, 1.165) is 18.5 Å². The fourth-order valence-corrected chi connectivity index (χ4v) is 4.71. The molecule has 4 rings (SSSR count). The van der Waals surface area contributed by atoms with Gasteiger partial charge in [0.1, 0.15) is 24.6 Å². The summed E-state index contributed by atoms with van der Waals surface area (Å²) in [6.45, 7) is -0.107. The molecule has 0 atom stereocenters. The third-order valence-electron chi connectivity index (χ3n) is 5.50. The molecule has 0 bridgehead atoms. The third kappa shape index (κ3) is 6.45. The number of carbonyl (C=O) groups is 3. The minimum Gasteiger partial charge on any atom is -0.495 e. The molecule has 1 aliphatic rings. The molecular weight excluding hydrogens is 669 g/mol. The second-order valence-corrected chi connectivity index (χ2v) is 10.2. The van der Waals surface area contributed by atoms with Crippen LogP contribution >= 0.6 is 38.5 Å². The summed E-state index contributed by atoms with van der Waals surface area (Å²) in [5, 5.41) is 5.19. The van der Waals surface area contributed by atoms with Gasteiger partial charge in [-0.1, -0.05) is 40.2 Å². The first-order valence-electron chi connectivity index (χ1n) is 11.3. The van der Waals surface area contributed by atoms with Gasteiger partial charge in [0.25, 0.3) is 5.91 Å². The van der Waals surface area contributed by atoms with Crippen molar-refractivity contribution in [2.45, 2.75) is 6.61 Å².